The first-order valence-corrected chi connectivity index (χ1v) is 15.4. The Morgan fingerprint density at radius 2 is 1.42 bits per heavy atom. The largest absolute Gasteiger partial charge is 0.456 e. The Bertz CT molecular complexity index is 2410. The monoisotopic (exact) mass is 580 g/mol. The number of nitriles is 1. The van der Waals surface area contributed by atoms with Crippen LogP contribution in [0.25, 0.3) is 60.4 Å². The Kier molecular flexibility index (Phi) is 5.71. The van der Waals surface area contributed by atoms with Crippen molar-refractivity contribution < 1.29 is 4.42 Å². The van der Waals surface area contributed by atoms with Gasteiger partial charge in [-0.2, -0.15) is 5.26 Å². The van der Waals surface area contributed by atoms with E-state index in [4.69, 9.17) is 10.8 Å². The molecular weight excluding hydrogens is 548 g/mol. The third-order valence-electron chi connectivity index (χ3n) is 9.89. The highest BCUT2D eigenvalue weighted by Gasteiger charge is 2.38. The molecule has 0 bridgehead atoms. The molecule has 5 aromatic carbocycles. The lowest BCUT2D eigenvalue weighted by atomic mass is 9.78. The van der Waals surface area contributed by atoms with Crippen molar-refractivity contribution in [1.82, 2.24) is 4.57 Å². The van der Waals surface area contributed by atoms with Gasteiger partial charge < -0.3 is 8.98 Å². The van der Waals surface area contributed by atoms with Crippen LogP contribution in [0.15, 0.2) is 114 Å². The summed E-state index contributed by atoms with van der Waals surface area (Å²) >= 11 is 0. The van der Waals surface area contributed by atoms with E-state index in [-0.39, 0.29) is 11.5 Å². The van der Waals surface area contributed by atoms with Crippen molar-refractivity contribution in [3.05, 3.63) is 126 Å². The summed E-state index contributed by atoms with van der Waals surface area (Å²) in [6.45, 7) is 8.57. The van der Waals surface area contributed by atoms with E-state index in [0.717, 1.165) is 54.9 Å². The molecule has 0 fully saturated rings. The molecule has 216 valence electrons. The predicted molar refractivity (Wildman–Crippen MR) is 186 cm³/mol. The third kappa shape index (κ3) is 3.78. The molecule has 3 nitrogen and oxygen atoms in total. The topological polar surface area (TPSA) is 41.9 Å². The summed E-state index contributed by atoms with van der Waals surface area (Å²) in [7, 11) is 0. The molecule has 1 aliphatic carbocycles. The van der Waals surface area contributed by atoms with Gasteiger partial charge in [-0.3, -0.25) is 0 Å². The quantitative estimate of drug-likeness (QED) is 0.194. The van der Waals surface area contributed by atoms with E-state index in [1.807, 2.05) is 26.0 Å². The van der Waals surface area contributed by atoms with Gasteiger partial charge in [0.25, 0.3) is 0 Å². The Balaban J connectivity index is 1.38. The number of terminal acetylenes is 1. The molecule has 1 aliphatic rings. The van der Waals surface area contributed by atoms with Crippen LogP contribution in [0.1, 0.15) is 50.4 Å². The number of nitrogens with zero attached hydrogens (tertiary/aromatic N) is 2. The smallest absolute Gasteiger partial charge is 0.135 e. The fourth-order valence-electron chi connectivity index (χ4n) is 7.70. The maximum Gasteiger partial charge on any atom is 0.135 e. The van der Waals surface area contributed by atoms with E-state index in [1.54, 1.807) is 0 Å². The van der Waals surface area contributed by atoms with Gasteiger partial charge in [-0.15, -0.1) is 6.42 Å². The lowest BCUT2D eigenvalue weighted by Crippen LogP contribution is -2.27. The molecule has 0 aliphatic heterocycles. The average molecular weight is 581 g/mol. The summed E-state index contributed by atoms with van der Waals surface area (Å²) in [6.07, 6.45) is 7.89. The first-order chi connectivity index (χ1) is 21.7. The Labute approximate surface area is 263 Å². The zero-order chi connectivity index (χ0) is 31.1. The van der Waals surface area contributed by atoms with Gasteiger partial charge >= 0.3 is 0 Å². The lowest BCUT2D eigenvalue weighted by Gasteiger charge is -2.33. The van der Waals surface area contributed by atoms with Gasteiger partial charge in [-0.25, -0.2) is 0 Å². The van der Waals surface area contributed by atoms with Crippen molar-refractivity contribution in [2.75, 3.05) is 0 Å². The van der Waals surface area contributed by atoms with Crippen molar-refractivity contribution >= 4 is 49.3 Å². The van der Waals surface area contributed by atoms with Gasteiger partial charge in [0.15, 0.2) is 0 Å². The molecule has 0 radical (unpaired) electrons. The van der Waals surface area contributed by atoms with E-state index >= 15 is 0 Å². The first-order valence-electron chi connectivity index (χ1n) is 15.4. The summed E-state index contributed by atoms with van der Waals surface area (Å²) in [5.74, 6) is 2.83. The van der Waals surface area contributed by atoms with Crippen LogP contribution in [-0.4, -0.2) is 4.57 Å². The van der Waals surface area contributed by atoms with Gasteiger partial charge in [0.2, 0.25) is 0 Å². The SMILES string of the molecule is C#C/C=C(/c1ccc2oc3cc4c(cc3c2c1)-c1ccccc1C4(C)C)C(n1c2ccccc2c2ccccc21)C(C)(C)C#N. The normalized spacial score (nSPS) is 14.8. The Hall–Kier alpha value is -5.51. The van der Waals surface area contributed by atoms with Crippen LogP contribution in [0.4, 0.5) is 0 Å². The molecule has 0 N–H and O–H groups in total. The zero-order valence-corrected chi connectivity index (χ0v) is 25.8. The van der Waals surface area contributed by atoms with E-state index < -0.39 is 5.41 Å². The van der Waals surface area contributed by atoms with E-state index in [1.165, 1.54) is 22.3 Å². The number of benzene rings is 5. The van der Waals surface area contributed by atoms with Crippen LogP contribution in [-0.2, 0) is 5.41 Å². The number of furan rings is 1. The molecule has 7 aromatic rings. The Morgan fingerprint density at radius 3 is 2.11 bits per heavy atom. The summed E-state index contributed by atoms with van der Waals surface area (Å²) in [5, 5.41) is 15.0. The van der Waals surface area contributed by atoms with Crippen LogP contribution in [0.5, 0.6) is 0 Å². The molecule has 1 unspecified atom stereocenters. The molecule has 1 atom stereocenters. The maximum atomic E-state index is 10.6. The number of hydrogen-bond donors (Lipinski definition) is 0. The van der Waals surface area contributed by atoms with Gasteiger partial charge in [-0.1, -0.05) is 86.5 Å². The molecule has 2 heterocycles. The highest BCUT2D eigenvalue weighted by atomic mass is 16.3. The molecule has 8 rings (SSSR count). The predicted octanol–water partition coefficient (Wildman–Crippen LogP) is 10.8. The number of rotatable bonds is 4. The standard InChI is InChI=1S/C42H32N2O/c1-6-13-27(40(41(2,3)25-43)44-36-18-11-8-15-29(36)30-16-9-12-19-37(30)44)26-20-21-38-32(22-26)33-23-31-28-14-7-10-17-34(28)42(4,5)35(31)24-39(33)45-38/h1,7-24,40H,2-5H3/b27-13-. The third-order valence-corrected chi connectivity index (χ3v) is 9.89. The minimum atomic E-state index is -0.795. The summed E-state index contributed by atoms with van der Waals surface area (Å²) in [5.41, 5.74) is 9.99. The van der Waals surface area contributed by atoms with Crippen LogP contribution in [0, 0.1) is 29.1 Å². The van der Waals surface area contributed by atoms with Crippen molar-refractivity contribution in [3.63, 3.8) is 0 Å². The molecule has 45 heavy (non-hydrogen) atoms. The van der Waals surface area contributed by atoms with Crippen molar-refractivity contribution in [1.29, 1.82) is 5.26 Å². The molecule has 0 spiro atoms. The van der Waals surface area contributed by atoms with Crippen molar-refractivity contribution in [2.45, 2.75) is 39.2 Å². The van der Waals surface area contributed by atoms with Crippen LogP contribution < -0.4 is 0 Å². The van der Waals surface area contributed by atoms with Crippen molar-refractivity contribution in [3.8, 4) is 29.5 Å². The van der Waals surface area contributed by atoms with E-state index in [9.17, 15) is 5.26 Å². The number of fused-ring (bicyclic) bond motifs is 9. The van der Waals surface area contributed by atoms with Gasteiger partial charge in [0, 0.05) is 38.0 Å². The Morgan fingerprint density at radius 1 is 0.778 bits per heavy atom. The minimum Gasteiger partial charge on any atom is -0.456 e. The highest BCUT2D eigenvalue weighted by Crippen LogP contribution is 2.51. The second-order valence-electron chi connectivity index (χ2n) is 13.3. The summed E-state index contributed by atoms with van der Waals surface area (Å²) in [6, 6.07) is 38.6. The molecule has 0 amide bonds. The lowest BCUT2D eigenvalue weighted by molar-refractivity contribution is 0.374. The van der Waals surface area contributed by atoms with Crippen LogP contribution in [0.2, 0.25) is 0 Å². The van der Waals surface area contributed by atoms with Crippen LogP contribution >= 0.6 is 0 Å². The fraction of sp³-hybridized carbons (Fsp3) is 0.167. The highest BCUT2D eigenvalue weighted by molar-refractivity contribution is 6.10. The van der Waals surface area contributed by atoms with Crippen molar-refractivity contribution in [2.24, 2.45) is 5.41 Å². The molecule has 0 saturated heterocycles. The van der Waals surface area contributed by atoms with Gasteiger partial charge in [-0.05, 0) is 89.7 Å². The molecule has 0 saturated carbocycles. The zero-order valence-electron chi connectivity index (χ0n) is 25.8. The number of allylic oxidation sites excluding steroid dienone is 2. The average Bonchev–Trinajstić information content (AvgIpc) is 3.65. The summed E-state index contributed by atoms with van der Waals surface area (Å²) < 4.78 is 8.79. The number of hydrogen-bond acceptors (Lipinski definition) is 2. The number of para-hydroxylation sites is 2. The first kappa shape index (κ1) is 27.1. The molecule has 2 aromatic heterocycles. The van der Waals surface area contributed by atoms with E-state index in [0.29, 0.717) is 0 Å². The molecular formula is C42H32N2O. The number of aromatic nitrogens is 1. The summed E-state index contributed by atoms with van der Waals surface area (Å²) in [4.78, 5) is 0. The van der Waals surface area contributed by atoms with Gasteiger partial charge in [0.1, 0.15) is 11.2 Å². The van der Waals surface area contributed by atoms with E-state index in [2.05, 4.69) is 127 Å². The maximum absolute atomic E-state index is 10.6. The molecule has 3 heteroatoms. The minimum absolute atomic E-state index is 0.106. The van der Waals surface area contributed by atoms with Crippen LogP contribution in [0.3, 0.4) is 0 Å². The fourth-order valence-corrected chi connectivity index (χ4v) is 7.70. The second-order valence-corrected chi connectivity index (χ2v) is 13.3. The second kappa shape index (κ2) is 9.49. The van der Waals surface area contributed by atoms with Gasteiger partial charge in [0.05, 0.1) is 17.5 Å².